The lowest BCUT2D eigenvalue weighted by Gasteiger charge is -2.34. The van der Waals surface area contributed by atoms with Crippen LogP contribution in [0.25, 0.3) is 16.5 Å². The molecule has 4 atom stereocenters. The fourth-order valence-electron chi connectivity index (χ4n) is 7.34. The Morgan fingerprint density at radius 3 is 2.62 bits per heavy atom. The van der Waals surface area contributed by atoms with Crippen molar-refractivity contribution < 1.29 is 22.6 Å². The molecule has 4 aliphatic heterocycles. The van der Waals surface area contributed by atoms with Gasteiger partial charge in [0.05, 0.1) is 47.1 Å². The first-order valence-electron chi connectivity index (χ1n) is 15.5. The van der Waals surface area contributed by atoms with E-state index in [-0.39, 0.29) is 38.8 Å². The number of ether oxygens (including phenoxy) is 2. The maximum Gasteiger partial charge on any atom is 0.319 e. The van der Waals surface area contributed by atoms with E-state index in [0.29, 0.717) is 43.0 Å². The molecule has 2 aromatic heterocycles. The molecular weight excluding hydrogens is 605 g/mol. The van der Waals surface area contributed by atoms with Gasteiger partial charge in [0.15, 0.2) is 11.6 Å². The van der Waals surface area contributed by atoms with Crippen LogP contribution in [0.1, 0.15) is 31.4 Å². The molecule has 3 N–H and O–H groups in total. The zero-order valence-corrected chi connectivity index (χ0v) is 25.4. The van der Waals surface area contributed by atoms with E-state index in [9.17, 15) is 14.0 Å². The van der Waals surface area contributed by atoms with Crippen LogP contribution >= 0.6 is 11.8 Å². The molecule has 10 nitrogen and oxygen atoms in total. The number of hydrogen-bond donors (Lipinski definition) is 2. The summed E-state index contributed by atoms with van der Waals surface area (Å²) in [5, 5.41) is 12.8. The maximum atomic E-state index is 16.7. The third-order valence-electron chi connectivity index (χ3n) is 9.91. The van der Waals surface area contributed by atoms with E-state index in [1.165, 1.54) is 6.20 Å². The molecule has 4 unspecified atom stereocenters. The van der Waals surface area contributed by atoms with Crippen LogP contribution in [0.3, 0.4) is 0 Å². The van der Waals surface area contributed by atoms with Crippen molar-refractivity contribution in [2.45, 2.75) is 43.0 Å². The van der Waals surface area contributed by atoms with Crippen molar-refractivity contribution in [1.29, 1.82) is 5.26 Å². The Balaban J connectivity index is 1.18. The van der Waals surface area contributed by atoms with Crippen molar-refractivity contribution in [3.63, 3.8) is 0 Å². The van der Waals surface area contributed by atoms with Crippen molar-refractivity contribution in [3.8, 4) is 12.1 Å². The molecule has 4 fully saturated rings. The Morgan fingerprint density at radius 2 is 1.91 bits per heavy atom. The number of nitrogens with zero attached hydrogens (tertiary/aromatic N) is 6. The first-order chi connectivity index (χ1) is 21.8. The summed E-state index contributed by atoms with van der Waals surface area (Å²) >= 11 is 0.861. The molecule has 6 heterocycles. The van der Waals surface area contributed by atoms with Crippen LogP contribution in [0.5, 0.6) is 6.01 Å². The van der Waals surface area contributed by atoms with Gasteiger partial charge in [-0.2, -0.15) is 15.2 Å². The van der Waals surface area contributed by atoms with Gasteiger partial charge in [0.1, 0.15) is 22.9 Å². The van der Waals surface area contributed by atoms with E-state index >= 15 is 4.39 Å². The van der Waals surface area contributed by atoms with E-state index in [1.54, 1.807) is 0 Å². The largest absolute Gasteiger partial charge is 0.463 e. The number of nitrogens with one attached hydrogen (secondary N) is 1. The Morgan fingerprint density at radius 1 is 1.16 bits per heavy atom. The van der Waals surface area contributed by atoms with Gasteiger partial charge in [-0.15, -0.1) is 0 Å². The third-order valence-corrected chi connectivity index (χ3v) is 11.1. The summed E-state index contributed by atoms with van der Waals surface area (Å²) in [6.07, 6.45) is 6.56. The number of pyridine rings is 1. The number of hydrogen-bond acceptors (Lipinski definition) is 11. The number of thioether (sulfide) groups is 1. The van der Waals surface area contributed by atoms with Gasteiger partial charge in [0.2, 0.25) is 0 Å². The van der Waals surface area contributed by atoms with Crippen LogP contribution in [0.15, 0.2) is 34.5 Å². The van der Waals surface area contributed by atoms with Gasteiger partial charge in [-0.3, -0.25) is 9.88 Å². The Labute approximate surface area is 262 Å². The summed E-state index contributed by atoms with van der Waals surface area (Å²) in [5.74, 6) is -3.40. The summed E-state index contributed by atoms with van der Waals surface area (Å²) in [6, 6.07) is 2.68. The minimum absolute atomic E-state index is 0.0120. The summed E-state index contributed by atoms with van der Waals surface area (Å²) in [4.78, 5) is 18.3. The summed E-state index contributed by atoms with van der Waals surface area (Å²) < 4.78 is 58.1. The zero-order valence-electron chi connectivity index (χ0n) is 24.6. The topological polar surface area (TPSA) is 125 Å². The Bertz CT molecular complexity index is 1690. The lowest BCUT2D eigenvalue weighted by atomic mass is 9.82. The lowest BCUT2D eigenvalue weighted by Crippen LogP contribution is -2.51. The number of nitrogens with two attached hydrogens (primary N) is 1. The molecule has 0 amide bonds. The molecule has 0 aromatic carbocycles. The van der Waals surface area contributed by atoms with Crippen molar-refractivity contribution in [3.05, 3.63) is 46.0 Å². The van der Waals surface area contributed by atoms with Gasteiger partial charge in [-0.05, 0) is 37.3 Å². The number of allylic oxidation sites excluding steroid dienone is 4. The van der Waals surface area contributed by atoms with Gasteiger partial charge >= 0.3 is 6.01 Å². The molecule has 6 aliphatic rings. The number of piperazine rings is 1. The smallest absolute Gasteiger partial charge is 0.319 e. The third kappa shape index (κ3) is 5.14. The van der Waals surface area contributed by atoms with Crippen molar-refractivity contribution >= 4 is 34.1 Å². The van der Waals surface area contributed by atoms with E-state index in [2.05, 4.69) is 25.1 Å². The first kappa shape index (κ1) is 29.1. The fourth-order valence-corrected chi connectivity index (χ4v) is 8.54. The SMILES string of the molecule is N#CC1=C(N)SC2C(F)=C(F)C=C(c3ncc4c(N5CC6CCC(C5)N6)nc(OCC5(CN6CCOCC6)CC5)nc4c3F)C12. The average molecular weight is 639 g/mol. The molecule has 45 heavy (non-hydrogen) atoms. The van der Waals surface area contributed by atoms with Crippen LogP contribution in [-0.4, -0.2) is 89.7 Å². The average Bonchev–Trinajstić information content (AvgIpc) is 3.60. The molecule has 236 valence electrons. The molecular formula is C31H33F3N8O2S. The van der Waals surface area contributed by atoms with Crippen LogP contribution in [0.2, 0.25) is 0 Å². The highest BCUT2D eigenvalue weighted by atomic mass is 32.2. The molecule has 1 saturated carbocycles. The second-order valence-electron chi connectivity index (χ2n) is 12.9. The fraction of sp³-hybridized carbons (Fsp3) is 0.548. The minimum atomic E-state index is -1.13. The van der Waals surface area contributed by atoms with Crippen LogP contribution in [-0.2, 0) is 4.74 Å². The highest BCUT2D eigenvalue weighted by Crippen LogP contribution is 2.53. The van der Waals surface area contributed by atoms with Crippen molar-refractivity contribution in [1.82, 2.24) is 25.2 Å². The second-order valence-corrected chi connectivity index (χ2v) is 14.1. The van der Waals surface area contributed by atoms with Gasteiger partial charge in [-0.25, -0.2) is 13.2 Å². The Hall–Kier alpha value is -3.38. The number of nitriles is 1. The van der Waals surface area contributed by atoms with E-state index in [0.717, 1.165) is 76.4 Å². The zero-order chi connectivity index (χ0) is 30.9. The number of anilines is 1. The summed E-state index contributed by atoms with van der Waals surface area (Å²) in [6.45, 7) is 5.90. The number of fused-ring (bicyclic) bond motifs is 4. The highest BCUT2D eigenvalue weighted by Gasteiger charge is 2.47. The number of rotatable bonds is 7. The second kappa shape index (κ2) is 11.2. The quantitative estimate of drug-likeness (QED) is 0.463. The van der Waals surface area contributed by atoms with Gasteiger partial charge < -0.3 is 25.4 Å². The summed E-state index contributed by atoms with van der Waals surface area (Å²) in [5.41, 5.74) is 5.90. The maximum absolute atomic E-state index is 16.7. The van der Waals surface area contributed by atoms with Gasteiger partial charge in [-0.1, -0.05) is 11.8 Å². The predicted molar refractivity (Wildman–Crippen MR) is 163 cm³/mol. The van der Waals surface area contributed by atoms with Crippen molar-refractivity contribution in [2.75, 3.05) is 57.4 Å². The van der Waals surface area contributed by atoms with Gasteiger partial charge in [0.25, 0.3) is 0 Å². The molecule has 8 rings (SSSR count). The molecule has 14 heteroatoms. The van der Waals surface area contributed by atoms with Crippen LogP contribution in [0, 0.1) is 28.5 Å². The monoisotopic (exact) mass is 638 g/mol. The van der Waals surface area contributed by atoms with Crippen LogP contribution < -0.4 is 20.7 Å². The molecule has 2 aromatic rings. The van der Waals surface area contributed by atoms with E-state index in [4.69, 9.17) is 20.2 Å². The molecule has 3 saturated heterocycles. The molecule has 2 aliphatic carbocycles. The van der Waals surface area contributed by atoms with Crippen molar-refractivity contribution in [2.24, 2.45) is 17.1 Å². The van der Waals surface area contributed by atoms with Gasteiger partial charge in [0, 0.05) is 62.3 Å². The number of aromatic nitrogens is 3. The number of morpholine rings is 1. The molecule has 0 radical (unpaired) electrons. The molecule has 0 spiro atoms. The Kier molecular flexibility index (Phi) is 7.20. The highest BCUT2D eigenvalue weighted by molar-refractivity contribution is 8.04. The normalized spacial score (nSPS) is 29.2. The minimum Gasteiger partial charge on any atom is -0.463 e. The first-order valence-corrected chi connectivity index (χ1v) is 16.3. The van der Waals surface area contributed by atoms with E-state index < -0.39 is 28.6 Å². The van der Waals surface area contributed by atoms with E-state index in [1.807, 2.05) is 6.07 Å². The lowest BCUT2D eigenvalue weighted by molar-refractivity contribution is 0.0231. The number of halogens is 3. The standard InChI is InChI=1S/C31H33F3N8O2S/c32-21-9-18(22-19(10-35)28(36)45-27(22)23(21)33)25-24(34)26-20(11-37-25)29(42-12-16-1-2-17(13-42)38-16)40-30(39-26)44-15-31(3-4-31)14-41-5-7-43-8-6-41/h9,11,16-17,22,27,38H,1-8,12-15,36H2. The molecule has 2 bridgehead atoms. The summed E-state index contributed by atoms with van der Waals surface area (Å²) in [7, 11) is 0. The van der Waals surface area contributed by atoms with Crippen LogP contribution in [0.4, 0.5) is 19.0 Å². The predicted octanol–water partition coefficient (Wildman–Crippen LogP) is 3.57.